The largest absolute Gasteiger partial charge is 0.318 e. The fourth-order valence-electron chi connectivity index (χ4n) is 0.770. The van der Waals surface area contributed by atoms with Gasteiger partial charge in [0.25, 0.3) is 0 Å². The Hall–Kier alpha value is -1.34. The van der Waals surface area contributed by atoms with E-state index in [2.05, 4.69) is 10.4 Å². The van der Waals surface area contributed by atoms with Gasteiger partial charge in [-0.25, -0.2) is 0 Å². The van der Waals surface area contributed by atoms with Crippen LogP contribution in [0.1, 0.15) is 5.56 Å². The molecule has 0 bridgehead atoms. The lowest BCUT2D eigenvalue weighted by molar-refractivity contribution is 0.585. The van der Waals surface area contributed by atoms with Crippen molar-refractivity contribution in [1.82, 2.24) is 15.1 Å². The zero-order valence-electron chi connectivity index (χ0n) is 6.41. The van der Waals surface area contributed by atoms with Crippen LogP contribution in [0.5, 0.6) is 0 Å². The molecule has 0 radical (unpaired) electrons. The van der Waals surface area contributed by atoms with Crippen LogP contribution < -0.4 is 5.32 Å². The van der Waals surface area contributed by atoms with Gasteiger partial charge in [-0.05, 0) is 7.05 Å². The van der Waals surface area contributed by atoms with E-state index in [0.29, 0.717) is 5.56 Å². The summed E-state index contributed by atoms with van der Waals surface area (Å²) >= 11 is 0. The molecule has 0 aliphatic heterocycles. The Balaban J connectivity index is 2.53. The first-order chi connectivity index (χ1) is 5.36. The van der Waals surface area contributed by atoms with E-state index < -0.39 is 0 Å². The molecule has 0 unspecified atom stereocenters. The molecule has 4 heteroatoms. The summed E-state index contributed by atoms with van der Waals surface area (Å²) in [6, 6.07) is 2.02. The Bertz CT molecular complexity index is 258. The number of nitrogens with zero attached hydrogens (tertiary/aromatic N) is 3. The summed E-state index contributed by atoms with van der Waals surface area (Å²) in [4.78, 5) is 0. The molecule has 0 spiro atoms. The van der Waals surface area contributed by atoms with Gasteiger partial charge in [-0.2, -0.15) is 10.4 Å². The molecule has 1 N–H and O–H groups in total. The van der Waals surface area contributed by atoms with Crippen molar-refractivity contribution < 1.29 is 0 Å². The van der Waals surface area contributed by atoms with Crippen LogP contribution in [0.3, 0.4) is 0 Å². The number of nitriles is 1. The third kappa shape index (κ3) is 2.06. The highest BCUT2D eigenvalue weighted by Gasteiger charge is 1.94. The molecule has 1 aromatic rings. The molecule has 1 heterocycles. The summed E-state index contributed by atoms with van der Waals surface area (Å²) in [6.45, 7) is 1.67. The topological polar surface area (TPSA) is 53.6 Å². The normalized spacial score (nSPS) is 9.45. The molecule has 0 aromatic carbocycles. The minimum Gasteiger partial charge on any atom is -0.318 e. The van der Waals surface area contributed by atoms with Crippen molar-refractivity contribution in [3.8, 4) is 6.07 Å². The molecule has 1 aromatic heterocycles. The van der Waals surface area contributed by atoms with Crippen LogP contribution in [0.2, 0.25) is 0 Å². The van der Waals surface area contributed by atoms with E-state index in [1.54, 1.807) is 17.1 Å². The Morgan fingerprint density at radius 2 is 2.64 bits per heavy atom. The molecule has 4 nitrogen and oxygen atoms in total. The van der Waals surface area contributed by atoms with Crippen molar-refractivity contribution in [2.75, 3.05) is 13.6 Å². The van der Waals surface area contributed by atoms with Crippen LogP contribution in [-0.4, -0.2) is 23.4 Å². The molecule has 0 atom stereocenters. The summed E-state index contributed by atoms with van der Waals surface area (Å²) in [6.07, 6.45) is 3.30. The van der Waals surface area contributed by atoms with Crippen LogP contribution in [0, 0.1) is 11.3 Å². The van der Waals surface area contributed by atoms with Crippen molar-refractivity contribution in [1.29, 1.82) is 5.26 Å². The molecule has 0 saturated heterocycles. The lowest BCUT2D eigenvalue weighted by atomic mass is 10.4. The second-order valence-corrected chi connectivity index (χ2v) is 2.21. The molecule has 0 aliphatic rings. The van der Waals surface area contributed by atoms with Crippen LogP contribution in [0.15, 0.2) is 12.4 Å². The van der Waals surface area contributed by atoms with E-state index in [9.17, 15) is 0 Å². The highest BCUT2D eigenvalue weighted by atomic mass is 15.3. The number of rotatable bonds is 3. The van der Waals surface area contributed by atoms with E-state index in [-0.39, 0.29) is 0 Å². The standard InChI is InChI=1S/C7H10N4/c1-9-2-3-11-6-7(4-8)5-10-11/h5-6,9H,2-3H2,1H3. The van der Waals surface area contributed by atoms with E-state index in [1.165, 1.54) is 0 Å². The van der Waals surface area contributed by atoms with Crippen molar-refractivity contribution >= 4 is 0 Å². The van der Waals surface area contributed by atoms with Crippen molar-refractivity contribution in [3.05, 3.63) is 18.0 Å². The van der Waals surface area contributed by atoms with Gasteiger partial charge in [-0.3, -0.25) is 4.68 Å². The Kier molecular flexibility index (Phi) is 2.64. The quantitative estimate of drug-likeness (QED) is 0.658. The summed E-state index contributed by atoms with van der Waals surface area (Å²) < 4.78 is 1.75. The molecular formula is C7H10N4. The van der Waals surface area contributed by atoms with Gasteiger partial charge in [0.2, 0.25) is 0 Å². The molecule has 0 fully saturated rings. The molecule has 58 valence electrons. The Labute approximate surface area is 65.4 Å². The fourth-order valence-corrected chi connectivity index (χ4v) is 0.770. The molecule has 0 aliphatic carbocycles. The fraction of sp³-hybridized carbons (Fsp3) is 0.429. The minimum absolute atomic E-state index is 0.612. The van der Waals surface area contributed by atoms with Gasteiger partial charge in [0, 0.05) is 12.7 Å². The van der Waals surface area contributed by atoms with Crippen LogP contribution in [0.25, 0.3) is 0 Å². The van der Waals surface area contributed by atoms with Crippen molar-refractivity contribution in [3.63, 3.8) is 0 Å². The highest BCUT2D eigenvalue weighted by Crippen LogP contribution is 1.93. The minimum atomic E-state index is 0.612. The van der Waals surface area contributed by atoms with Crippen LogP contribution in [0.4, 0.5) is 0 Å². The number of likely N-dealkylation sites (N-methyl/N-ethyl adjacent to an activating group) is 1. The number of nitrogens with one attached hydrogen (secondary N) is 1. The zero-order valence-corrected chi connectivity index (χ0v) is 6.41. The summed E-state index contributed by atoms with van der Waals surface area (Å²) in [5.74, 6) is 0. The first-order valence-corrected chi connectivity index (χ1v) is 3.44. The predicted molar refractivity (Wildman–Crippen MR) is 40.9 cm³/mol. The monoisotopic (exact) mass is 150 g/mol. The SMILES string of the molecule is CNCCn1cc(C#N)cn1. The van der Waals surface area contributed by atoms with Gasteiger partial charge in [0.15, 0.2) is 0 Å². The van der Waals surface area contributed by atoms with Gasteiger partial charge in [-0.15, -0.1) is 0 Å². The summed E-state index contributed by atoms with van der Waals surface area (Å²) in [7, 11) is 1.88. The summed E-state index contributed by atoms with van der Waals surface area (Å²) in [5, 5.41) is 15.4. The molecule has 1 rings (SSSR count). The Morgan fingerprint density at radius 3 is 3.18 bits per heavy atom. The molecule has 0 saturated carbocycles. The lowest BCUT2D eigenvalue weighted by Gasteiger charge is -1.97. The molecule has 0 amide bonds. The number of aromatic nitrogens is 2. The third-order valence-electron chi connectivity index (χ3n) is 1.35. The van der Waals surface area contributed by atoms with Gasteiger partial charge >= 0.3 is 0 Å². The number of hydrogen-bond acceptors (Lipinski definition) is 3. The maximum Gasteiger partial charge on any atom is 0.102 e. The predicted octanol–water partition coefficient (Wildman–Crippen LogP) is -0.0258. The van der Waals surface area contributed by atoms with E-state index in [1.807, 2.05) is 13.1 Å². The average Bonchev–Trinajstić information content (AvgIpc) is 2.48. The lowest BCUT2D eigenvalue weighted by Crippen LogP contribution is -2.14. The van der Waals surface area contributed by atoms with Gasteiger partial charge in [0.05, 0.1) is 18.3 Å². The van der Waals surface area contributed by atoms with Crippen molar-refractivity contribution in [2.45, 2.75) is 6.54 Å². The maximum atomic E-state index is 8.46. The molecular weight excluding hydrogens is 140 g/mol. The van der Waals surface area contributed by atoms with Gasteiger partial charge < -0.3 is 5.32 Å². The van der Waals surface area contributed by atoms with Gasteiger partial charge in [-0.1, -0.05) is 0 Å². The Morgan fingerprint density at radius 1 is 1.82 bits per heavy atom. The van der Waals surface area contributed by atoms with E-state index in [0.717, 1.165) is 13.1 Å². The smallest absolute Gasteiger partial charge is 0.102 e. The molecule has 11 heavy (non-hydrogen) atoms. The third-order valence-corrected chi connectivity index (χ3v) is 1.35. The van der Waals surface area contributed by atoms with Gasteiger partial charge in [0.1, 0.15) is 6.07 Å². The maximum absolute atomic E-state index is 8.46. The highest BCUT2D eigenvalue weighted by molar-refractivity contribution is 5.21. The van der Waals surface area contributed by atoms with Crippen LogP contribution in [-0.2, 0) is 6.54 Å². The van der Waals surface area contributed by atoms with Crippen molar-refractivity contribution in [2.24, 2.45) is 0 Å². The number of hydrogen-bond donors (Lipinski definition) is 1. The second-order valence-electron chi connectivity index (χ2n) is 2.21. The first kappa shape index (κ1) is 7.76. The average molecular weight is 150 g/mol. The first-order valence-electron chi connectivity index (χ1n) is 3.44. The van der Waals surface area contributed by atoms with E-state index >= 15 is 0 Å². The van der Waals surface area contributed by atoms with Crippen LogP contribution >= 0.6 is 0 Å². The van der Waals surface area contributed by atoms with E-state index in [4.69, 9.17) is 5.26 Å². The summed E-state index contributed by atoms with van der Waals surface area (Å²) in [5.41, 5.74) is 0.612. The zero-order chi connectivity index (χ0) is 8.10. The second kappa shape index (κ2) is 3.74.